The third kappa shape index (κ3) is 6.38. The zero-order valence-corrected chi connectivity index (χ0v) is 36.8. The summed E-state index contributed by atoms with van der Waals surface area (Å²) < 4.78 is 53.6. The third-order valence-electron chi connectivity index (χ3n) is 13.3. The summed E-state index contributed by atoms with van der Waals surface area (Å²) in [7, 11) is 0. The van der Waals surface area contributed by atoms with Crippen LogP contribution in [0.3, 0.4) is 0 Å². The molecule has 6 nitrogen and oxygen atoms in total. The second-order valence-electron chi connectivity index (χ2n) is 17.2. The minimum absolute atomic E-state index is 0.124. The van der Waals surface area contributed by atoms with Crippen molar-refractivity contribution in [2.45, 2.75) is 0 Å². The molecule has 4 heterocycles. The van der Waals surface area contributed by atoms with Gasteiger partial charge in [0.15, 0.2) is 17.5 Å². The summed E-state index contributed by atoms with van der Waals surface area (Å²) in [5.74, 6) is 1.74. The zero-order chi connectivity index (χ0) is 49.8. The molecule has 0 atom stereocenters. The first-order valence-electron chi connectivity index (χ1n) is 25.3. The highest BCUT2D eigenvalue weighted by atomic mass is 16.3. The molecule has 322 valence electrons. The number of benzene rings is 10. The molecule has 69 heavy (non-hydrogen) atoms. The molecule has 0 saturated heterocycles. The molecule has 0 unspecified atom stereocenters. The maximum absolute atomic E-state index is 8.87. The lowest BCUT2D eigenvalue weighted by molar-refractivity contribution is 0.669. The maximum Gasteiger partial charge on any atom is 0.164 e. The predicted molar refractivity (Wildman–Crippen MR) is 283 cm³/mol. The number of rotatable bonds is 7. The number of hydrogen-bond donors (Lipinski definition) is 0. The Morgan fingerprint density at radius 3 is 1.42 bits per heavy atom. The van der Waals surface area contributed by atoms with Crippen LogP contribution in [0.4, 0.5) is 0 Å². The van der Waals surface area contributed by atoms with E-state index >= 15 is 0 Å². The highest BCUT2D eigenvalue weighted by Gasteiger charge is 2.20. The molecule has 0 aliphatic carbocycles. The van der Waals surface area contributed by atoms with Crippen LogP contribution in [0.2, 0.25) is 0 Å². The van der Waals surface area contributed by atoms with Crippen LogP contribution in [-0.2, 0) is 0 Å². The van der Waals surface area contributed by atoms with Gasteiger partial charge in [0.25, 0.3) is 0 Å². The van der Waals surface area contributed by atoms with Gasteiger partial charge in [-0.25, -0.2) is 15.0 Å². The molecule has 4 aromatic heterocycles. The van der Waals surface area contributed by atoms with E-state index in [9.17, 15) is 0 Å². The van der Waals surface area contributed by atoms with Crippen LogP contribution in [-0.4, -0.2) is 24.1 Å². The number of hydrogen-bond acceptors (Lipinski definition) is 4. The standard InChI is InChI=1S/C63H39N5O/c1-5-16-40(17-6-1)61-64-62(41-18-7-2-8-19-41)66-63(65-61)49-25-15-27-59-60(49)53-39-45(31-35-58(53)69-59)44-30-34-57-52(38-44)51-37-43(29-33-56(51)68(57)47-22-11-4-12-23-47)42-28-32-55-50(36-42)48-24-13-14-26-54(48)67(55)46-20-9-3-10-21-46/h1-39H/i3D,9D,10D,20D,21D. The Morgan fingerprint density at radius 1 is 0.333 bits per heavy atom. The molecule has 0 spiro atoms. The van der Waals surface area contributed by atoms with E-state index in [-0.39, 0.29) is 29.9 Å². The quantitative estimate of drug-likeness (QED) is 0.160. The van der Waals surface area contributed by atoms with Crippen LogP contribution in [0.5, 0.6) is 0 Å². The Balaban J connectivity index is 0.929. The van der Waals surface area contributed by atoms with Gasteiger partial charge in [0.05, 0.1) is 28.9 Å². The molecular weight excluding hydrogens is 843 g/mol. The van der Waals surface area contributed by atoms with Gasteiger partial charge in [0, 0.05) is 60.4 Å². The largest absolute Gasteiger partial charge is 0.456 e. The highest BCUT2D eigenvalue weighted by Crippen LogP contribution is 2.42. The molecular formula is C63H39N5O. The average Bonchev–Trinajstić information content (AvgIpc) is 4.13. The van der Waals surface area contributed by atoms with Crippen LogP contribution < -0.4 is 0 Å². The molecule has 0 fully saturated rings. The molecule has 0 amide bonds. The number of nitrogens with zero attached hydrogens (tertiary/aromatic N) is 5. The van der Waals surface area contributed by atoms with Crippen molar-refractivity contribution in [3.8, 4) is 67.8 Å². The first-order chi connectivity index (χ1) is 36.3. The number of furan rings is 1. The van der Waals surface area contributed by atoms with E-state index in [0.717, 1.165) is 110 Å². The summed E-state index contributed by atoms with van der Waals surface area (Å²) in [6.07, 6.45) is 0. The summed E-state index contributed by atoms with van der Waals surface area (Å²) in [5, 5.41) is 5.88. The second-order valence-corrected chi connectivity index (χ2v) is 17.2. The number of para-hydroxylation sites is 3. The monoisotopic (exact) mass is 886 g/mol. The fourth-order valence-electron chi connectivity index (χ4n) is 10.1. The molecule has 0 aliphatic heterocycles. The Labute approximate surface area is 403 Å². The molecule has 0 radical (unpaired) electrons. The SMILES string of the molecule is [2H]c1c([2H])c([2H])c(-n2c3ccccc3c3cc(-c4ccc5c(c4)c4cc(-c6ccc7oc8cccc(-c9nc(-c%10ccccc%10)nc(-c%10ccccc%10)n9)c8c7c6)ccc4n5-c4ccccc4)ccc32)c([2H])c1[2H]. The third-order valence-corrected chi connectivity index (χ3v) is 13.3. The van der Waals surface area contributed by atoms with Crippen molar-refractivity contribution >= 4 is 65.6 Å². The fraction of sp³-hybridized carbons (Fsp3) is 0. The Morgan fingerprint density at radius 2 is 0.812 bits per heavy atom. The van der Waals surface area contributed by atoms with Gasteiger partial charge in [0.2, 0.25) is 0 Å². The predicted octanol–water partition coefficient (Wildman–Crippen LogP) is 16.3. The van der Waals surface area contributed by atoms with E-state index in [2.05, 4.69) is 95.6 Å². The van der Waals surface area contributed by atoms with E-state index in [0.29, 0.717) is 17.5 Å². The normalized spacial score (nSPS) is 12.8. The minimum Gasteiger partial charge on any atom is -0.456 e. The lowest BCUT2D eigenvalue weighted by Gasteiger charge is -2.09. The van der Waals surface area contributed by atoms with Crippen molar-refractivity contribution in [1.29, 1.82) is 0 Å². The summed E-state index contributed by atoms with van der Waals surface area (Å²) in [6, 6.07) is 68.5. The molecule has 6 heteroatoms. The van der Waals surface area contributed by atoms with E-state index in [1.165, 1.54) is 0 Å². The lowest BCUT2D eigenvalue weighted by atomic mass is 9.98. The first kappa shape index (κ1) is 34.0. The van der Waals surface area contributed by atoms with E-state index in [1.54, 1.807) is 4.57 Å². The van der Waals surface area contributed by atoms with Crippen molar-refractivity contribution in [2.24, 2.45) is 0 Å². The van der Waals surface area contributed by atoms with E-state index in [1.807, 2.05) is 115 Å². The molecule has 0 aliphatic rings. The van der Waals surface area contributed by atoms with Crippen LogP contribution in [0.15, 0.2) is 241 Å². The van der Waals surface area contributed by atoms with Crippen molar-refractivity contribution in [1.82, 2.24) is 24.1 Å². The van der Waals surface area contributed by atoms with E-state index < -0.39 is 6.04 Å². The van der Waals surface area contributed by atoms with Crippen molar-refractivity contribution in [3.05, 3.63) is 236 Å². The van der Waals surface area contributed by atoms with Gasteiger partial charge in [-0.15, -0.1) is 0 Å². The topological polar surface area (TPSA) is 61.7 Å². The van der Waals surface area contributed by atoms with Gasteiger partial charge in [-0.2, -0.15) is 0 Å². The van der Waals surface area contributed by atoms with Gasteiger partial charge < -0.3 is 13.6 Å². The van der Waals surface area contributed by atoms with Gasteiger partial charge >= 0.3 is 0 Å². The van der Waals surface area contributed by atoms with Crippen molar-refractivity contribution < 1.29 is 11.3 Å². The van der Waals surface area contributed by atoms with Gasteiger partial charge in [-0.05, 0) is 107 Å². The molecule has 0 bridgehead atoms. The molecule has 0 N–H and O–H groups in total. The lowest BCUT2D eigenvalue weighted by Crippen LogP contribution is -2.00. The van der Waals surface area contributed by atoms with E-state index in [4.69, 9.17) is 26.2 Å². The van der Waals surface area contributed by atoms with Crippen molar-refractivity contribution in [2.75, 3.05) is 0 Å². The van der Waals surface area contributed by atoms with Gasteiger partial charge in [-0.1, -0.05) is 152 Å². The highest BCUT2D eigenvalue weighted by molar-refractivity contribution is 6.15. The van der Waals surface area contributed by atoms with Gasteiger partial charge in [-0.3, -0.25) is 0 Å². The summed E-state index contributed by atoms with van der Waals surface area (Å²) in [5.41, 5.74) is 13.0. The maximum atomic E-state index is 8.87. The average molecular weight is 887 g/mol. The summed E-state index contributed by atoms with van der Waals surface area (Å²) in [4.78, 5) is 15.1. The Hall–Kier alpha value is -9.39. The zero-order valence-electron chi connectivity index (χ0n) is 41.8. The fourth-order valence-corrected chi connectivity index (χ4v) is 10.1. The molecule has 0 saturated carbocycles. The molecule has 10 aromatic carbocycles. The first-order valence-corrected chi connectivity index (χ1v) is 22.8. The summed E-state index contributed by atoms with van der Waals surface area (Å²) >= 11 is 0. The van der Waals surface area contributed by atoms with Crippen molar-refractivity contribution in [3.63, 3.8) is 0 Å². The van der Waals surface area contributed by atoms with Crippen LogP contribution >= 0.6 is 0 Å². The Kier molecular flexibility index (Phi) is 7.69. The summed E-state index contributed by atoms with van der Waals surface area (Å²) in [6.45, 7) is 0. The minimum atomic E-state index is -0.419. The molecule has 14 rings (SSSR count). The number of fused-ring (bicyclic) bond motifs is 9. The van der Waals surface area contributed by atoms with Gasteiger partial charge in [0.1, 0.15) is 11.2 Å². The second kappa shape index (κ2) is 15.6. The van der Waals surface area contributed by atoms with Crippen LogP contribution in [0.1, 0.15) is 6.85 Å². The molecule has 14 aromatic rings. The number of aromatic nitrogens is 5. The smallest absolute Gasteiger partial charge is 0.164 e. The van der Waals surface area contributed by atoms with Crippen LogP contribution in [0, 0.1) is 0 Å². The Bertz CT molecular complexity index is 4520. The van der Waals surface area contributed by atoms with Crippen LogP contribution in [0.25, 0.3) is 133 Å².